The highest BCUT2D eigenvalue weighted by atomic mass is 16.5. The molecule has 17 heavy (non-hydrogen) atoms. The summed E-state index contributed by atoms with van der Waals surface area (Å²) in [7, 11) is 3.44. The summed E-state index contributed by atoms with van der Waals surface area (Å²) in [6, 6.07) is 7.40. The van der Waals surface area contributed by atoms with E-state index in [1.54, 1.807) is 7.11 Å². The molecule has 0 heterocycles. The van der Waals surface area contributed by atoms with Crippen molar-refractivity contribution in [3.05, 3.63) is 24.3 Å². The zero-order valence-corrected chi connectivity index (χ0v) is 10.2. The lowest BCUT2D eigenvalue weighted by atomic mass is 10.3. The molecule has 1 aromatic carbocycles. The smallest absolute Gasteiger partial charge is 0.258 e. The van der Waals surface area contributed by atoms with Gasteiger partial charge in [0.05, 0.1) is 6.61 Å². The third kappa shape index (κ3) is 5.21. The topological polar surface area (TPSA) is 59.6 Å². The summed E-state index contributed by atoms with van der Waals surface area (Å²) in [5.74, 6) is 0.519. The molecular weight excluding hydrogens is 220 g/mol. The lowest BCUT2D eigenvalue weighted by Crippen LogP contribution is -2.31. The Morgan fingerprint density at radius 1 is 1.29 bits per heavy atom. The molecule has 2 N–H and O–H groups in total. The maximum absolute atomic E-state index is 11.3. The Hall–Kier alpha value is -1.75. The molecule has 0 unspecified atom stereocenters. The summed E-state index contributed by atoms with van der Waals surface area (Å²) in [5.41, 5.74) is 1.00. The van der Waals surface area contributed by atoms with Crippen molar-refractivity contribution in [1.82, 2.24) is 5.32 Å². The van der Waals surface area contributed by atoms with E-state index in [0.717, 1.165) is 5.69 Å². The lowest BCUT2D eigenvalue weighted by Gasteiger charge is -2.07. The Kier molecular flexibility index (Phi) is 5.88. The molecule has 1 amide bonds. The summed E-state index contributed by atoms with van der Waals surface area (Å²) in [6.45, 7) is 1.02. The highest BCUT2D eigenvalue weighted by Crippen LogP contribution is 2.14. The molecule has 0 spiro atoms. The number of amides is 1. The average molecular weight is 238 g/mol. The number of carbonyl (C=O) groups is 1. The van der Waals surface area contributed by atoms with Gasteiger partial charge in [-0.3, -0.25) is 4.79 Å². The lowest BCUT2D eigenvalue weighted by molar-refractivity contribution is -0.123. The van der Waals surface area contributed by atoms with Gasteiger partial charge in [-0.15, -0.1) is 0 Å². The van der Waals surface area contributed by atoms with Gasteiger partial charge >= 0.3 is 0 Å². The second-order valence-electron chi connectivity index (χ2n) is 3.41. The van der Waals surface area contributed by atoms with Gasteiger partial charge in [-0.05, 0) is 24.3 Å². The predicted molar refractivity (Wildman–Crippen MR) is 66.4 cm³/mol. The number of methoxy groups -OCH3 is 1. The number of carbonyl (C=O) groups excluding carboxylic acids is 1. The molecule has 0 saturated carbocycles. The van der Waals surface area contributed by atoms with E-state index in [0.29, 0.717) is 18.9 Å². The molecule has 0 bridgehead atoms. The third-order valence-corrected chi connectivity index (χ3v) is 2.14. The van der Waals surface area contributed by atoms with E-state index < -0.39 is 0 Å². The van der Waals surface area contributed by atoms with Gasteiger partial charge in [-0.1, -0.05) is 0 Å². The molecule has 1 aromatic rings. The SMILES string of the molecule is CNc1ccc(OCC(=O)NCCOC)cc1. The first kappa shape index (κ1) is 13.3. The van der Waals surface area contributed by atoms with Crippen molar-refractivity contribution in [2.24, 2.45) is 0 Å². The number of hydrogen-bond donors (Lipinski definition) is 2. The Morgan fingerprint density at radius 2 is 2.00 bits per heavy atom. The van der Waals surface area contributed by atoms with Crippen LogP contribution < -0.4 is 15.4 Å². The Morgan fingerprint density at radius 3 is 2.59 bits per heavy atom. The van der Waals surface area contributed by atoms with Crippen LogP contribution in [0.3, 0.4) is 0 Å². The van der Waals surface area contributed by atoms with Crippen LogP contribution >= 0.6 is 0 Å². The van der Waals surface area contributed by atoms with E-state index in [1.165, 1.54) is 0 Å². The number of hydrogen-bond acceptors (Lipinski definition) is 4. The average Bonchev–Trinajstić information content (AvgIpc) is 2.37. The molecule has 0 fully saturated rings. The van der Waals surface area contributed by atoms with Crippen LogP contribution in [0.15, 0.2) is 24.3 Å². The number of nitrogens with one attached hydrogen (secondary N) is 2. The normalized spacial score (nSPS) is 9.76. The highest BCUT2D eigenvalue weighted by Gasteiger charge is 2.01. The maximum atomic E-state index is 11.3. The van der Waals surface area contributed by atoms with E-state index >= 15 is 0 Å². The molecule has 1 rings (SSSR count). The third-order valence-electron chi connectivity index (χ3n) is 2.14. The number of ether oxygens (including phenoxy) is 2. The molecule has 0 aliphatic carbocycles. The first-order valence-corrected chi connectivity index (χ1v) is 5.42. The second-order valence-corrected chi connectivity index (χ2v) is 3.41. The molecule has 5 heteroatoms. The van der Waals surface area contributed by atoms with Crippen molar-refractivity contribution in [2.45, 2.75) is 0 Å². The van der Waals surface area contributed by atoms with E-state index in [9.17, 15) is 4.79 Å². The Bertz CT molecular complexity index is 338. The fraction of sp³-hybridized carbons (Fsp3) is 0.417. The fourth-order valence-electron chi connectivity index (χ4n) is 1.21. The summed E-state index contributed by atoms with van der Waals surface area (Å²) in [5, 5.41) is 5.68. The Balaban J connectivity index is 2.27. The van der Waals surface area contributed by atoms with Gasteiger partial charge in [0, 0.05) is 26.4 Å². The van der Waals surface area contributed by atoms with Crippen LogP contribution in [0, 0.1) is 0 Å². The van der Waals surface area contributed by atoms with Crippen molar-refractivity contribution >= 4 is 11.6 Å². The Labute approximate surface area is 101 Å². The first-order valence-electron chi connectivity index (χ1n) is 5.42. The van der Waals surface area contributed by atoms with Crippen LogP contribution in [-0.4, -0.2) is 39.8 Å². The van der Waals surface area contributed by atoms with Gasteiger partial charge in [-0.2, -0.15) is 0 Å². The van der Waals surface area contributed by atoms with E-state index in [4.69, 9.17) is 9.47 Å². The van der Waals surface area contributed by atoms with Crippen LogP contribution in [0.4, 0.5) is 5.69 Å². The fourth-order valence-corrected chi connectivity index (χ4v) is 1.21. The molecule has 0 radical (unpaired) electrons. The number of rotatable bonds is 7. The van der Waals surface area contributed by atoms with Crippen LogP contribution in [-0.2, 0) is 9.53 Å². The summed E-state index contributed by atoms with van der Waals surface area (Å²) >= 11 is 0. The van der Waals surface area contributed by atoms with E-state index in [2.05, 4.69) is 10.6 Å². The monoisotopic (exact) mass is 238 g/mol. The van der Waals surface area contributed by atoms with Gasteiger partial charge in [-0.25, -0.2) is 0 Å². The van der Waals surface area contributed by atoms with Gasteiger partial charge < -0.3 is 20.1 Å². The summed E-state index contributed by atoms with van der Waals surface area (Å²) in [4.78, 5) is 11.3. The van der Waals surface area contributed by atoms with Crippen molar-refractivity contribution in [2.75, 3.05) is 39.2 Å². The predicted octanol–water partition coefficient (Wildman–Crippen LogP) is 0.870. The molecule has 0 saturated heterocycles. The molecular formula is C12H18N2O3. The van der Waals surface area contributed by atoms with Crippen molar-refractivity contribution in [3.8, 4) is 5.75 Å². The van der Waals surface area contributed by atoms with Crippen LogP contribution in [0.1, 0.15) is 0 Å². The van der Waals surface area contributed by atoms with Crippen LogP contribution in [0.5, 0.6) is 5.75 Å². The molecule has 0 atom stereocenters. The zero-order chi connectivity index (χ0) is 12.5. The van der Waals surface area contributed by atoms with Gasteiger partial charge in [0.1, 0.15) is 5.75 Å². The van der Waals surface area contributed by atoms with Gasteiger partial charge in [0.25, 0.3) is 5.91 Å². The minimum atomic E-state index is -0.153. The zero-order valence-electron chi connectivity index (χ0n) is 10.2. The standard InChI is InChI=1S/C12H18N2O3/c1-13-10-3-5-11(6-4-10)17-9-12(15)14-7-8-16-2/h3-6,13H,7-9H2,1-2H3,(H,14,15). The van der Waals surface area contributed by atoms with Crippen molar-refractivity contribution < 1.29 is 14.3 Å². The number of benzene rings is 1. The first-order chi connectivity index (χ1) is 8.26. The van der Waals surface area contributed by atoms with Crippen LogP contribution in [0.25, 0.3) is 0 Å². The van der Waals surface area contributed by atoms with Crippen molar-refractivity contribution in [3.63, 3.8) is 0 Å². The molecule has 5 nitrogen and oxygen atoms in total. The minimum Gasteiger partial charge on any atom is -0.484 e. The minimum absolute atomic E-state index is 0.0165. The second kappa shape index (κ2) is 7.51. The van der Waals surface area contributed by atoms with Crippen molar-refractivity contribution in [1.29, 1.82) is 0 Å². The van der Waals surface area contributed by atoms with Gasteiger partial charge in [0.15, 0.2) is 6.61 Å². The highest BCUT2D eigenvalue weighted by molar-refractivity contribution is 5.77. The molecule has 0 aromatic heterocycles. The molecule has 94 valence electrons. The van der Waals surface area contributed by atoms with E-state index in [1.807, 2.05) is 31.3 Å². The number of anilines is 1. The molecule has 0 aliphatic heterocycles. The van der Waals surface area contributed by atoms with Crippen LogP contribution in [0.2, 0.25) is 0 Å². The maximum Gasteiger partial charge on any atom is 0.258 e. The molecule has 0 aliphatic rings. The largest absolute Gasteiger partial charge is 0.484 e. The summed E-state index contributed by atoms with van der Waals surface area (Å²) in [6.07, 6.45) is 0. The van der Waals surface area contributed by atoms with E-state index in [-0.39, 0.29) is 12.5 Å². The quantitative estimate of drug-likeness (QED) is 0.692. The van der Waals surface area contributed by atoms with Gasteiger partial charge in [0.2, 0.25) is 0 Å². The summed E-state index contributed by atoms with van der Waals surface area (Å²) < 4.78 is 10.1.